The van der Waals surface area contributed by atoms with Crippen LogP contribution in [0.1, 0.15) is 36.7 Å². The highest BCUT2D eigenvalue weighted by Crippen LogP contribution is 2.20. The number of carbonyl (C=O) groups is 2. The van der Waals surface area contributed by atoms with E-state index in [1.807, 2.05) is 39.8 Å². The van der Waals surface area contributed by atoms with Crippen molar-refractivity contribution < 1.29 is 9.59 Å². The number of nitrogens with one attached hydrogen (secondary N) is 3. The molecule has 3 N–H and O–H groups in total. The first-order valence-electron chi connectivity index (χ1n) is 8.36. The third-order valence-electron chi connectivity index (χ3n) is 3.54. The molecular formula is C20H24ClN3O2. The van der Waals surface area contributed by atoms with Crippen LogP contribution in [0.15, 0.2) is 42.5 Å². The third-order valence-corrected chi connectivity index (χ3v) is 3.95. The minimum Gasteiger partial charge on any atom is -0.376 e. The van der Waals surface area contributed by atoms with Crippen molar-refractivity contribution in [2.45, 2.75) is 33.2 Å². The van der Waals surface area contributed by atoms with E-state index >= 15 is 0 Å². The summed E-state index contributed by atoms with van der Waals surface area (Å²) in [6.07, 6.45) is 0. The second-order valence-corrected chi connectivity index (χ2v) is 7.55. The van der Waals surface area contributed by atoms with Crippen molar-refractivity contribution in [1.82, 2.24) is 5.32 Å². The fourth-order valence-electron chi connectivity index (χ4n) is 2.21. The topological polar surface area (TPSA) is 70.2 Å². The Kier molecular flexibility index (Phi) is 6.27. The van der Waals surface area contributed by atoms with Crippen LogP contribution in [-0.4, -0.2) is 23.9 Å². The van der Waals surface area contributed by atoms with Gasteiger partial charge < -0.3 is 16.0 Å². The van der Waals surface area contributed by atoms with Gasteiger partial charge in [-0.3, -0.25) is 9.59 Å². The molecule has 0 spiro atoms. The van der Waals surface area contributed by atoms with Gasteiger partial charge in [-0.05, 0) is 69.7 Å². The molecule has 0 unspecified atom stereocenters. The molecule has 0 heterocycles. The number of anilines is 2. The maximum atomic E-state index is 12.1. The molecule has 2 amide bonds. The molecule has 5 nitrogen and oxygen atoms in total. The lowest BCUT2D eigenvalue weighted by atomic mass is 10.1. The zero-order valence-corrected chi connectivity index (χ0v) is 16.2. The Bertz CT molecular complexity index is 796. The first-order valence-corrected chi connectivity index (χ1v) is 8.74. The average molecular weight is 374 g/mol. The van der Waals surface area contributed by atoms with Crippen LogP contribution in [0, 0.1) is 6.92 Å². The van der Waals surface area contributed by atoms with E-state index < -0.39 is 0 Å². The van der Waals surface area contributed by atoms with Gasteiger partial charge in [-0.2, -0.15) is 0 Å². The van der Waals surface area contributed by atoms with Crippen LogP contribution in [0.4, 0.5) is 11.4 Å². The molecule has 0 bridgehead atoms. The van der Waals surface area contributed by atoms with Crippen molar-refractivity contribution in [3.8, 4) is 0 Å². The van der Waals surface area contributed by atoms with Gasteiger partial charge in [-0.15, -0.1) is 0 Å². The van der Waals surface area contributed by atoms with E-state index in [2.05, 4.69) is 16.0 Å². The Morgan fingerprint density at radius 1 is 1.00 bits per heavy atom. The highest BCUT2D eigenvalue weighted by Gasteiger charge is 2.15. The Morgan fingerprint density at radius 3 is 2.19 bits per heavy atom. The maximum absolute atomic E-state index is 12.1. The van der Waals surface area contributed by atoms with E-state index in [0.29, 0.717) is 16.3 Å². The van der Waals surface area contributed by atoms with Crippen LogP contribution >= 0.6 is 11.6 Å². The molecule has 2 rings (SSSR count). The maximum Gasteiger partial charge on any atom is 0.251 e. The molecular weight excluding hydrogens is 350 g/mol. The smallest absolute Gasteiger partial charge is 0.251 e. The molecule has 0 aliphatic heterocycles. The summed E-state index contributed by atoms with van der Waals surface area (Å²) in [6, 6.07) is 12.4. The SMILES string of the molecule is Cc1ccc(NC(=O)CNc2ccc(C(=O)NC(C)(C)C)cc2)cc1Cl. The van der Waals surface area contributed by atoms with E-state index in [-0.39, 0.29) is 23.9 Å². The van der Waals surface area contributed by atoms with Gasteiger partial charge >= 0.3 is 0 Å². The first-order chi connectivity index (χ1) is 12.1. The third kappa shape index (κ3) is 6.08. The van der Waals surface area contributed by atoms with E-state index in [4.69, 9.17) is 11.6 Å². The molecule has 0 aromatic heterocycles. The number of aryl methyl sites for hydroxylation is 1. The molecule has 0 fully saturated rings. The van der Waals surface area contributed by atoms with Gasteiger partial charge in [0.25, 0.3) is 5.91 Å². The predicted molar refractivity (Wildman–Crippen MR) is 107 cm³/mol. The number of halogens is 1. The lowest BCUT2D eigenvalue weighted by Crippen LogP contribution is -2.40. The number of amides is 2. The van der Waals surface area contributed by atoms with Gasteiger partial charge in [0.2, 0.25) is 5.91 Å². The number of carbonyl (C=O) groups excluding carboxylic acids is 2. The molecule has 6 heteroatoms. The second kappa shape index (κ2) is 8.23. The van der Waals surface area contributed by atoms with Crippen molar-refractivity contribution in [1.29, 1.82) is 0 Å². The molecule has 0 aliphatic carbocycles. The molecule has 2 aromatic rings. The number of rotatable bonds is 5. The van der Waals surface area contributed by atoms with Crippen LogP contribution in [0.25, 0.3) is 0 Å². The van der Waals surface area contributed by atoms with Crippen molar-refractivity contribution in [3.05, 3.63) is 58.6 Å². The Morgan fingerprint density at radius 2 is 1.62 bits per heavy atom. The average Bonchev–Trinajstić information content (AvgIpc) is 2.55. The number of hydrogen-bond acceptors (Lipinski definition) is 3. The van der Waals surface area contributed by atoms with E-state index in [1.165, 1.54) is 0 Å². The molecule has 26 heavy (non-hydrogen) atoms. The van der Waals surface area contributed by atoms with E-state index in [0.717, 1.165) is 11.3 Å². The molecule has 0 saturated carbocycles. The van der Waals surface area contributed by atoms with Crippen molar-refractivity contribution >= 4 is 34.8 Å². The van der Waals surface area contributed by atoms with Crippen LogP contribution in [-0.2, 0) is 4.79 Å². The summed E-state index contributed by atoms with van der Waals surface area (Å²) in [4.78, 5) is 24.1. The van der Waals surface area contributed by atoms with E-state index in [1.54, 1.807) is 30.3 Å². The summed E-state index contributed by atoms with van der Waals surface area (Å²) in [5.41, 5.74) is 2.66. The summed E-state index contributed by atoms with van der Waals surface area (Å²) in [5.74, 6) is -0.308. The van der Waals surface area contributed by atoms with Crippen molar-refractivity contribution in [2.75, 3.05) is 17.2 Å². The quantitative estimate of drug-likeness (QED) is 0.734. The highest BCUT2D eigenvalue weighted by atomic mass is 35.5. The molecule has 0 aliphatic rings. The summed E-state index contributed by atoms with van der Waals surface area (Å²) < 4.78 is 0. The van der Waals surface area contributed by atoms with Gasteiger partial charge in [-0.25, -0.2) is 0 Å². The Balaban J connectivity index is 1.88. The van der Waals surface area contributed by atoms with Gasteiger partial charge in [0.1, 0.15) is 0 Å². The monoisotopic (exact) mass is 373 g/mol. The zero-order valence-electron chi connectivity index (χ0n) is 15.4. The predicted octanol–water partition coefficient (Wildman–Crippen LogP) is 4.23. The summed E-state index contributed by atoms with van der Waals surface area (Å²) in [5, 5.41) is 9.33. The minimum absolute atomic E-state index is 0.110. The number of benzene rings is 2. The zero-order chi connectivity index (χ0) is 19.3. The lowest BCUT2D eigenvalue weighted by Gasteiger charge is -2.20. The fourth-order valence-corrected chi connectivity index (χ4v) is 2.39. The minimum atomic E-state index is -0.287. The Labute approximate surface area is 159 Å². The summed E-state index contributed by atoms with van der Waals surface area (Å²) in [7, 11) is 0. The van der Waals surface area contributed by atoms with Crippen LogP contribution in [0.3, 0.4) is 0 Å². The van der Waals surface area contributed by atoms with Gasteiger partial charge in [0.05, 0.1) is 6.54 Å². The standard InChI is InChI=1S/C20H24ClN3O2/c1-13-5-8-16(11-17(13)21)23-18(25)12-22-15-9-6-14(7-10-15)19(26)24-20(2,3)4/h5-11,22H,12H2,1-4H3,(H,23,25)(H,24,26). The van der Waals surface area contributed by atoms with E-state index in [9.17, 15) is 9.59 Å². The lowest BCUT2D eigenvalue weighted by molar-refractivity contribution is -0.114. The number of hydrogen-bond donors (Lipinski definition) is 3. The molecule has 138 valence electrons. The normalized spacial score (nSPS) is 11.0. The Hall–Kier alpha value is -2.53. The second-order valence-electron chi connectivity index (χ2n) is 7.15. The molecule has 0 radical (unpaired) electrons. The van der Waals surface area contributed by atoms with Gasteiger partial charge in [0, 0.05) is 27.5 Å². The van der Waals surface area contributed by atoms with Crippen LogP contribution in [0.2, 0.25) is 5.02 Å². The van der Waals surface area contributed by atoms with Crippen LogP contribution < -0.4 is 16.0 Å². The first kappa shape index (κ1) is 19.8. The van der Waals surface area contributed by atoms with Gasteiger partial charge in [-0.1, -0.05) is 17.7 Å². The highest BCUT2D eigenvalue weighted by molar-refractivity contribution is 6.31. The van der Waals surface area contributed by atoms with Gasteiger partial charge in [0.15, 0.2) is 0 Å². The molecule has 2 aromatic carbocycles. The van der Waals surface area contributed by atoms with Crippen molar-refractivity contribution in [3.63, 3.8) is 0 Å². The molecule has 0 atom stereocenters. The van der Waals surface area contributed by atoms with Crippen LogP contribution in [0.5, 0.6) is 0 Å². The summed E-state index contributed by atoms with van der Waals surface area (Å²) in [6.45, 7) is 7.81. The van der Waals surface area contributed by atoms with Crippen molar-refractivity contribution in [2.24, 2.45) is 0 Å². The molecule has 0 saturated heterocycles. The summed E-state index contributed by atoms with van der Waals surface area (Å²) >= 11 is 6.05. The fraction of sp³-hybridized carbons (Fsp3) is 0.300. The largest absolute Gasteiger partial charge is 0.376 e.